The Morgan fingerprint density at radius 2 is 1.88 bits per heavy atom. The summed E-state index contributed by atoms with van der Waals surface area (Å²) in [5.41, 5.74) is 0.933. The highest BCUT2D eigenvalue weighted by atomic mass is 16.6. The molecular weight excluding hydrogens is 310 g/mol. The van der Waals surface area contributed by atoms with Crippen LogP contribution in [0.3, 0.4) is 0 Å². The summed E-state index contributed by atoms with van der Waals surface area (Å²) in [6.45, 7) is 5.42. The molecule has 0 saturated carbocycles. The van der Waals surface area contributed by atoms with Gasteiger partial charge in [0.2, 0.25) is 0 Å². The van der Waals surface area contributed by atoms with Crippen LogP contribution in [0.4, 0.5) is 4.79 Å². The average Bonchev–Trinajstić information content (AvgIpc) is 2.85. The van der Waals surface area contributed by atoms with E-state index in [1.54, 1.807) is 37.9 Å². The minimum atomic E-state index is -0.557. The lowest BCUT2D eigenvalue weighted by atomic mass is 10.0. The predicted molar refractivity (Wildman–Crippen MR) is 89.7 cm³/mol. The molecule has 1 heterocycles. The number of methoxy groups -OCH3 is 1. The first-order valence-electron chi connectivity index (χ1n) is 7.68. The van der Waals surface area contributed by atoms with Crippen LogP contribution in [0.15, 0.2) is 29.4 Å². The van der Waals surface area contributed by atoms with E-state index >= 15 is 0 Å². The van der Waals surface area contributed by atoms with Crippen molar-refractivity contribution < 1.29 is 19.1 Å². The molecule has 1 amide bonds. The molecule has 1 aromatic rings. The molecule has 0 saturated heterocycles. The quantitative estimate of drug-likeness (QED) is 0.842. The third kappa shape index (κ3) is 4.47. The van der Waals surface area contributed by atoms with Gasteiger partial charge in [0.1, 0.15) is 11.4 Å². The Bertz CT molecular complexity index is 647. The predicted octanol–water partition coefficient (Wildman–Crippen LogP) is 2.69. The van der Waals surface area contributed by atoms with Gasteiger partial charge in [0, 0.05) is 13.5 Å². The van der Waals surface area contributed by atoms with E-state index in [2.05, 4.69) is 15.2 Å². The standard InChI is InChI=1S/C17H23N3O4/c1-17(2,3)24-16(22)18-14-10-13(20(4)19-14)11-6-8-12(9-7-11)15(21)23-5/h6-9,13H,10H2,1-5H3,(H,18,19,22). The number of esters is 1. The summed E-state index contributed by atoms with van der Waals surface area (Å²) in [5, 5.41) is 8.79. The smallest absolute Gasteiger partial charge is 0.413 e. The molecule has 1 atom stereocenters. The number of amides is 1. The molecule has 1 aliphatic heterocycles. The van der Waals surface area contributed by atoms with E-state index in [0.29, 0.717) is 17.8 Å². The van der Waals surface area contributed by atoms with Crippen LogP contribution in [0.1, 0.15) is 49.2 Å². The number of ether oxygens (including phenoxy) is 2. The molecule has 1 N–H and O–H groups in total. The molecule has 1 unspecified atom stereocenters. The molecule has 2 rings (SSSR count). The van der Waals surface area contributed by atoms with Gasteiger partial charge in [-0.15, -0.1) is 0 Å². The van der Waals surface area contributed by atoms with Crippen LogP contribution < -0.4 is 5.32 Å². The highest BCUT2D eigenvalue weighted by Crippen LogP contribution is 2.28. The molecule has 0 fully saturated rings. The summed E-state index contributed by atoms with van der Waals surface area (Å²) < 4.78 is 9.92. The van der Waals surface area contributed by atoms with Gasteiger partial charge in [0.25, 0.3) is 0 Å². The average molecular weight is 333 g/mol. The lowest BCUT2D eigenvalue weighted by Crippen LogP contribution is -2.35. The van der Waals surface area contributed by atoms with Crippen molar-refractivity contribution in [2.24, 2.45) is 5.10 Å². The van der Waals surface area contributed by atoms with Crippen molar-refractivity contribution in [3.8, 4) is 0 Å². The summed E-state index contributed by atoms with van der Waals surface area (Å²) in [7, 11) is 3.19. The van der Waals surface area contributed by atoms with Crippen molar-refractivity contribution in [1.29, 1.82) is 0 Å². The second-order valence-corrected chi connectivity index (χ2v) is 6.58. The first-order chi connectivity index (χ1) is 11.2. The van der Waals surface area contributed by atoms with Gasteiger partial charge in [0.15, 0.2) is 0 Å². The van der Waals surface area contributed by atoms with Crippen molar-refractivity contribution in [3.63, 3.8) is 0 Å². The number of alkyl carbamates (subject to hydrolysis) is 1. The van der Waals surface area contributed by atoms with E-state index in [-0.39, 0.29) is 12.0 Å². The van der Waals surface area contributed by atoms with Crippen LogP contribution in [0.25, 0.3) is 0 Å². The molecular formula is C17H23N3O4. The van der Waals surface area contributed by atoms with Gasteiger partial charge in [-0.2, -0.15) is 5.10 Å². The van der Waals surface area contributed by atoms with E-state index < -0.39 is 11.7 Å². The van der Waals surface area contributed by atoms with Crippen LogP contribution in [0.2, 0.25) is 0 Å². The zero-order valence-electron chi connectivity index (χ0n) is 14.6. The monoisotopic (exact) mass is 333 g/mol. The van der Waals surface area contributed by atoms with Gasteiger partial charge in [-0.1, -0.05) is 12.1 Å². The zero-order valence-corrected chi connectivity index (χ0v) is 14.6. The van der Waals surface area contributed by atoms with Gasteiger partial charge < -0.3 is 9.47 Å². The molecule has 7 heteroatoms. The summed E-state index contributed by atoms with van der Waals surface area (Å²) in [6.07, 6.45) is 0.0316. The summed E-state index contributed by atoms with van der Waals surface area (Å²) in [6, 6.07) is 7.14. The summed E-state index contributed by atoms with van der Waals surface area (Å²) in [4.78, 5) is 23.3. The number of nitrogens with one attached hydrogen (secondary N) is 1. The second-order valence-electron chi connectivity index (χ2n) is 6.58. The largest absolute Gasteiger partial charge is 0.465 e. The topological polar surface area (TPSA) is 80.2 Å². The number of amidine groups is 1. The number of hydrogen-bond donors (Lipinski definition) is 1. The van der Waals surface area contributed by atoms with E-state index in [0.717, 1.165) is 5.56 Å². The van der Waals surface area contributed by atoms with Crippen molar-refractivity contribution in [2.45, 2.75) is 38.8 Å². The Balaban J connectivity index is 2.00. The SMILES string of the molecule is COC(=O)c1ccc(C2CC(NC(=O)OC(C)(C)C)=NN2C)cc1. The van der Waals surface area contributed by atoms with Crippen LogP contribution in [0.5, 0.6) is 0 Å². The van der Waals surface area contributed by atoms with Gasteiger partial charge in [0.05, 0.1) is 18.7 Å². The fraction of sp³-hybridized carbons (Fsp3) is 0.471. The maximum Gasteiger partial charge on any atom is 0.413 e. The van der Waals surface area contributed by atoms with E-state index in [1.165, 1.54) is 7.11 Å². The number of carbonyl (C=O) groups is 2. The first-order valence-corrected chi connectivity index (χ1v) is 7.68. The Hall–Kier alpha value is -2.57. The van der Waals surface area contributed by atoms with Crippen molar-refractivity contribution in [3.05, 3.63) is 35.4 Å². The highest BCUT2D eigenvalue weighted by molar-refractivity contribution is 5.96. The maximum absolute atomic E-state index is 11.8. The molecule has 0 aromatic heterocycles. The third-order valence-electron chi connectivity index (χ3n) is 3.48. The summed E-state index contributed by atoms with van der Waals surface area (Å²) >= 11 is 0. The van der Waals surface area contributed by atoms with Crippen molar-refractivity contribution >= 4 is 17.9 Å². The molecule has 0 aliphatic carbocycles. The number of rotatable bonds is 2. The van der Waals surface area contributed by atoms with Crippen LogP contribution in [-0.2, 0) is 9.47 Å². The Morgan fingerprint density at radius 3 is 2.42 bits per heavy atom. The molecule has 7 nitrogen and oxygen atoms in total. The Morgan fingerprint density at radius 1 is 1.25 bits per heavy atom. The van der Waals surface area contributed by atoms with Crippen molar-refractivity contribution in [1.82, 2.24) is 10.3 Å². The van der Waals surface area contributed by atoms with E-state index in [4.69, 9.17) is 4.74 Å². The molecule has 1 aromatic carbocycles. The van der Waals surface area contributed by atoms with Gasteiger partial charge in [-0.05, 0) is 38.5 Å². The van der Waals surface area contributed by atoms with Gasteiger partial charge in [-0.3, -0.25) is 10.3 Å². The fourth-order valence-corrected chi connectivity index (χ4v) is 2.41. The number of nitrogens with zero attached hydrogens (tertiary/aromatic N) is 2. The number of hydrogen-bond acceptors (Lipinski definition) is 6. The molecule has 24 heavy (non-hydrogen) atoms. The maximum atomic E-state index is 11.8. The van der Waals surface area contributed by atoms with Gasteiger partial charge in [-0.25, -0.2) is 9.59 Å². The molecule has 0 radical (unpaired) electrons. The zero-order chi connectivity index (χ0) is 17.9. The molecule has 0 bridgehead atoms. The van der Waals surface area contributed by atoms with Gasteiger partial charge >= 0.3 is 12.1 Å². The van der Waals surface area contributed by atoms with Crippen LogP contribution in [0, 0.1) is 0 Å². The third-order valence-corrected chi connectivity index (χ3v) is 3.48. The van der Waals surface area contributed by atoms with Crippen molar-refractivity contribution in [2.75, 3.05) is 14.2 Å². The minimum Gasteiger partial charge on any atom is -0.465 e. The number of carbonyl (C=O) groups excluding carboxylic acids is 2. The van der Waals surface area contributed by atoms with Crippen LogP contribution >= 0.6 is 0 Å². The number of benzene rings is 1. The Labute approximate surface area is 141 Å². The second kappa shape index (κ2) is 6.90. The lowest BCUT2D eigenvalue weighted by molar-refractivity contribution is 0.0559. The molecule has 0 spiro atoms. The van der Waals surface area contributed by atoms with E-state index in [1.807, 2.05) is 19.2 Å². The van der Waals surface area contributed by atoms with Crippen LogP contribution in [-0.4, -0.2) is 42.7 Å². The Kier molecular flexibility index (Phi) is 5.11. The normalized spacial score (nSPS) is 17.3. The van der Waals surface area contributed by atoms with E-state index in [9.17, 15) is 9.59 Å². The molecule has 1 aliphatic rings. The first kappa shape index (κ1) is 17.8. The molecule has 130 valence electrons. The number of hydrazone groups is 1. The fourth-order valence-electron chi connectivity index (χ4n) is 2.41. The lowest BCUT2D eigenvalue weighted by Gasteiger charge is -2.19. The highest BCUT2D eigenvalue weighted by Gasteiger charge is 2.27. The minimum absolute atomic E-state index is 0.0124. The summed E-state index contributed by atoms with van der Waals surface area (Å²) in [5.74, 6) is 0.179.